The van der Waals surface area contributed by atoms with Gasteiger partial charge in [0.05, 0.1) is 26.4 Å². The average Bonchev–Trinajstić information content (AvgIpc) is 2.41. The van der Waals surface area contributed by atoms with Gasteiger partial charge in [0.15, 0.2) is 0 Å². The summed E-state index contributed by atoms with van der Waals surface area (Å²) in [6, 6.07) is 10.4. The molecule has 0 bridgehead atoms. The van der Waals surface area contributed by atoms with Gasteiger partial charge < -0.3 is 14.4 Å². The van der Waals surface area contributed by atoms with Crippen LogP contribution >= 0.6 is 0 Å². The van der Waals surface area contributed by atoms with Gasteiger partial charge in [-0.05, 0) is 25.1 Å². The Hall–Kier alpha value is -1.57. The summed E-state index contributed by atoms with van der Waals surface area (Å²) in [5, 5.41) is 9.18. The van der Waals surface area contributed by atoms with Crippen LogP contribution < -0.4 is 4.74 Å². The molecule has 4 nitrogen and oxygen atoms in total. The minimum Gasteiger partial charge on any atom is -0.496 e. The molecule has 1 heterocycles. The smallest absolute Gasteiger partial charge is 0.122 e. The van der Waals surface area contributed by atoms with Crippen LogP contribution in [0.25, 0.3) is 0 Å². The highest BCUT2D eigenvalue weighted by atomic mass is 16.5. The minimum atomic E-state index is -0.296. The molecular weight excluding hydrogens is 240 g/mol. The molecule has 0 unspecified atom stereocenters. The van der Waals surface area contributed by atoms with Gasteiger partial charge in [-0.3, -0.25) is 0 Å². The number of nitrogens with zero attached hydrogens (tertiary/aromatic N) is 2. The lowest BCUT2D eigenvalue weighted by Crippen LogP contribution is -2.49. The molecule has 0 aromatic heterocycles. The number of rotatable bonds is 6. The van der Waals surface area contributed by atoms with Crippen molar-refractivity contribution in [2.24, 2.45) is 5.41 Å². The fourth-order valence-electron chi connectivity index (χ4n) is 2.36. The van der Waals surface area contributed by atoms with Gasteiger partial charge in [-0.15, -0.1) is 0 Å². The molecule has 0 aliphatic carbocycles. The van der Waals surface area contributed by atoms with E-state index in [0.717, 1.165) is 25.3 Å². The summed E-state index contributed by atoms with van der Waals surface area (Å²) in [5.74, 6) is 0.929. The van der Waals surface area contributed by atoms with E-state index in [9.17, 15) is 5.26 Å². The SMILES string of the molecule is COc1ccccc1CCN(C)CC1(C#N)COC1. The van der Waals surface area contributed by atoms with Crippen molar-refractivity contribution >= 4 is 0 Å². The van der Waals surface area contributed by atoms with Gasteiger partial charge in [-0.1, -0.05) is 18.2 Å². The molecular formula is C15H20N2O2. The van der Waals surface area contributed by atoms with Crippen LogP contribution in [-0.2, 0) is 11.2 Å². The lowest BCUT2D eigenvalue weighted by Gasteiger charge is -2.38. The monoisotopic (exact) mass is 260 g/mol. The number of para-hydroxylation sites is 1. The Kier molecular flexibility index (Phi) is 4.41. The van der Waals surface area contributed by atoms with E-state index in [-0.39, 0.29) is 5.41 Å². The summed E-state index contributed by atoms with van der Waals surface area (Å²) in [4.78, 5) is 2.19. The molecule has 102 valence electrons. The second-order valence-electron chi connectivity index (χ2n) is 5.18. The van der Waals surface area contributed by atoms with Crippen LogP contribution in [0.3, 0.4) is 0 Å². The molecule has 1 fully saturated rings. The molecule has 1 saturated heterocycles. The van der Waals surface area contributed by atoms with Gasteiger partial charge in [0.1, 0.15) is 11.2 Å². The summed E-state index contributed by atoms with van der Waals surface area (Å²) in [7, 11) is 3.74. The minimum absolute atomic E-state index is 0.296. The number of ether oxygens (including phenoxy) is 2. The van der Waals surface area contributed by atoms with Crippen LogP contribution in [0.4, 0.5) is 0 Å². The quantitative estimate of drug-likeness (QED) is 0.781. The number of likely N-dealkylation sites (N-methyl/N-ethyl adjacent to an activating group) is 1. The highest BCUT2D eigenvalue weighted by Crippen LogP contribution is 2.27. The molecule has 4 heteroatoms. The van der Waals surface area contributed by atoms with Gasteiger partial charge >= 0.3 is 0 Å². The highest BCUT2D eigenvalue weighted by Gasteiger charge is 2.39. The summed E-state index contributed by atoms with van der Waals surface area (Å²) in [6.07, 6.45) is 0.920. The first-order valence-corrected chi connectivity index (χ1v) is 6.48. The lowest BCUT2D eigenvalue weighted by molar-refractivity contribution is -0.0886. The maximum absolute atomic E-state index is 9.18. The van der Waals surface area contributed by atoms with E-state index >= 15 is 0 Å². The maximum Gasteiger partial charge on any atom is 0.122 e. The Morgan fingerprint density at radius 1 is 1.42 bits per heavy atom. The fraction of sp³-hybridized carbons (Fsp3) is 0.533. The third kappa shape index (κ3) is 3.25. The van der Waals surface area contributed by atoms with Crippen molar-refractivity contribution < 1.29 is 9.47 Å². The van der Waals surface area contributed by atoms with Crippen LogP contribution in [-0.4, -0.2) is 45.4 Å². The van der Waals surface area contributed by atoms with E-state index in [2.05, 4.69) is 17.0 Å². The average molecular weight is 260 g/mol. The van der Waals surface area contributed by atoms with Gasteiger partial charge in [0, 0.05) is 13.1 Å². The number of hydrogen-bond acceptors (Lipinski definition) is 4. The first-order valence-electron chi connectivity index (χ1n) is 6.48. The molecule has 1 aromatic carbocycles. The van der Waals surface area contributed by atoms with Crippen LogP contribution in [0, 0.1) is 16.7 Å². The summed E-state index contributed by atoms with van der Waals surface area (Å²) < 4.78 is 10.5. The van der Waals surface area contributed by atoms with Crippen molar-refractivity contribution in [1.82, 2.24) is 4.90 Å². The standard InChI is InChI=1S/C15H20N2O2/c1-17(10-15(9-16)11-19-12-15)8-7-13-5-3-4-6-14(13)18-2/h3-6H,7-8,10-12H2,1-2H3. The Morgan fingerprint density at radius 3 is 2.74 bits per heavy atom. The first kappa shape index (κ1) is 13.9. The van der Waals surface area contributed by atoms with Crippen LogP contribution in [0.1, 0.15) is 5.56 Å². The topological polar surface area (TPSA) is 45.5 Å². The third-order valence-corrected chi connectivity index (χ3v) is 3.52. The van der Waals surface area contributed by atoms with E-state index in [1.807, 2.05) is 25.2 Å². The van der Waals surface area contributed by atoms with Gasteiger partial charge in [-0.25, -0.2) is 0 Å². The molecule has 0 saturated carbocycles. The third-order valence-electron chi connectivity index (χ3n) is 3.52. The molecule has 1 aliphatic heterocycles. The number of methoxy groups -OCH3 is 1. The molecule has 0 radical (unpaired) electrons. The zero-order chi connectivity index (χ0) is 13.7. The van der Waals surface area contributed by atoms with E-state index in [1.165, 1.54) is 5.56 Å². The zero-order valence-electron chi connectivity index (χ0n) is 11.6. The normalized spacial score (nSPS) is 16.7. The number of nitriles is 1. The molecule has 1 aliphatic rings. The van der Waals surface area contributed by atoms with Crippen molar-refractivity contribution in [3.63, 3.8) is 0 Å². The molecule has 0 atom stereocenters. The van der Waals surface area contributed by atoms with E-state index in [0.29, 0.717) is 13.2 Å². The van der Waals surface area contributed by atoms with Gasteiger partial charge in [0.25, 0.3) is 0 Å². The van der Waals surface area contributed by atoms with E-state index in [4.69, 9.17) is 9.47 Å². The fourth-order valence-corrected chi connectivity index (χ4v) is 2.36. The Balaban J connectivity index is 1.86. The first-order chi connectivity index (χ1) is 9.19. The highest BCUT2D eigenvalue weighted by molar-refractivity contribution is 5.33. The van der Waals surface area contributed by atoms with Crippen LogP contribution in [0.5, 0.6) is 5.75 Å². The predicted octanol–water partition coefficient (Wildman–Crippen LogP) is 1.71. The summed E-state index contributed by atoms with van der Waals surface area (Å²) in [5.41, 5.74) is 0.905. The Morgan fingerprint density at radius 2 is 2.16 bits per heavy atom. The lowest BCUT2D eigenvalue weighted by atomic mass is 9.87. The molecule has 0 spiro atoms. The molecule has 1 aromatic rings. The van der Waals surface area contributed by atoms with Crippen molar-refractivity contribution in [3.8, 4) is 11.8 Å². The van der Waals surface area contributed by atoms with Crippen molar-refractivity contribution in [3.05, 3.63) is 29.8 Å². The molecule has 0 N–H and O–H groups in total. The maximum atomic E-state index is 9.18. The predicted molar refractivity (Wildman–Crippen MR) is 73.1 cm³/mol. The van der Waals surface area contributed by atoms with Crippen LogP contribution in [0.2, 0.25) is 0 Å². The Labute approximate surface area is 114 Å². The number of hydrogen-bond donors (Lipinski definition) is 0. The van der Waals surface area contributed by atoms with Gasteiger partial charge in [0.2, 0.25) is 0 Å². The molecule has 19 heavy (non-hydrogen) atoms. The van der Waals surface area contributed by atoms with Crippen molar-refractivity contribution in [1.29, 1.82) is 5.26 Å². The zero-order valence-corrected chi connectivity index (χ0v) is 11.6. The summed E-state index contributed by atoms with van der Waals surface area (Å²) >= 11 is 0. The van der Waals surface area contributed by atoms with E-state index < -0.39 is 0 Å². The molecule has 2 rings (SSSR count). The summed E-state index contributed by atoms with van der Waals surface area (Å²) in [6.45, 7) is 2.79. The van der Waals surface area contributed by atoms with Gasteiger partial charge in [-0.2, -0.15) is 5.26 Å². The van der Waals surface area contributed by atoms with Crippen LogP contribution in [0.15, 0.2) is 24.3 Å². The van der Waals surface area contributed by atoms with Crippen molar-refractivity contribution in [2.45, 2.75) is 6.42 Å². The second kappa shape index (κ2) is 6.05. The second-order valence-corrected chi connectivity index (χ2v) is 5.18. The van der Waals surface area contributed by atoms with Crippen molar-refractivity contribution in [2.75, 3.05) is 40.5 Å². The largest absolute Gasteiger partial charge is 0.496 e. The molecule has 0 amide bonds. The number of benzene rings is 1. The Bertz CT molecular complexity index is 463. The van der Waals surface area contributed by atoms with E-state index in [1.54, 1.807) is 7.11 Å².